The number of ether oxygens (including phenoxy) is 2. The summed E-state index contributed by atoms with van der Waals surface area (Å²) in [5.41, 5.74) is 5.37. The van der Waals surface area contributed by atoms with Gasteiger partial charge in [-0.15, -0.1) is 0 Å². The van der Waals surface area contributed by atoms with Crippen molar-refractivity contribution in [3.05, 3.63) is 84.7 Å². The molecule has 12 nitrogen and oxygen atoms in total. The lowest BCUT2D eigenvalue weighted by Crippen LogP contribution is -2.51. The number of nitrogens with zero attached hydrogens (tertiary/aromatic N) is 4. The highest BCUT2D eigenvalue weighted by Gasteiger charge is 2.39. The Balaban J connectivity index is 1.04. The van der Waals surface area contributed by atoms with Gasteiger partial charge in [-0.25, -0.2) is 19.6 Å². The van der Waals surface area contributed by atoms with Gasteiger partial charge in [-0.1, -0.05) is 69.3 Å². The van der Waals surface area contributed by atoms with Crippen LogP contribution in [0.1, 0.15) is 84.5 Å². The van der Waals surface area contributed by atoms with E-state index in [2.05, 4.69) is 82.9 Å². The molecule has 12 heteroatoms. The molecule has 0 aliphatic carbocycles. The zero-order chi connectivity index (χ0) is 39.0. The van der Waals surface area contributed by atoms with Crippen molar-refractivity contribution in [2.75, 3.05) is 20.2 Å². The number of hydrogen-bond acceptors (Lipinski definition) is 7. The van der Waals surface area contributed by atoms with Crippen LogP contribution in [0.25, 0.3) is 44.4 Å². The monoisotopic (exact) mass is 745 g/mol. The van der Waals surface area contributed by atoms with Crippen LogP contribution in [0, 0.1) is 11.8 Å². The maximum absolute atomic E-state index is 13.6. The molecule has 4 atom stereocenters. The van der Waals surface area contributed by atoms with Crippen LogP contribution in [-0.4, -0.2) is 79.7 Å². The van der Waals surface area contributed by atoms with E-state index in [-0.39, 0.29) is 30.0 Å². The number of likely N-dealkylation sites (tertiary alicyclic amines) is 2. The molecule has 0 bridgehead atoms. The van der Waals surface area contributed by atoms with E-state index >= 15 is 0 Å². The van der Waals surface area contributed by atoms with E-state index in [4.69, 9.17) is 19.4 Å². The third kappa shape index (κ3) is 8.08. The molecule has 5 aromatic rings. The lowest BCUT2D eigenvalue weighted by Gasteiger charge is -2.29. The Kier molecular flexibility index (Phi) is 10.4. The van der Waals surface area contributed by atoms with Crippen LogP contribution in [0.2, 0.25) is 0 Å². The molecule has 0 saturated carbocycles. The Bertz CT molecular complexity index is 2180. The third-order valence-corrected chi connectivity index (χ3v) is 10.6. The minimum atomic E-state index is -0.680. The lowest BCUT2D eigenvalue weighted by molar-refractivity contribution is -0.135. The first-order valence-corrected chi connectivity index (χ1v) is 19.2. The van der Waals surface area contributed by atoms with Gasteiger partial charge in [-0.05, 0) is 91.5 Å². The van der Waals surface area contributed by atoms with Crippen molar-refractivity contribution in [2.45, 2.75) is 84.5 Å². The summed E-state index contributed by atoms with van der Waals surface area (Å²) in [4.78, 5) is 58.6. The fourth-order valence-corrected chi connectivity index (χ4v) is 7.76. The number of alkyl carbamates (subject to hydrolysis) is 1. The van der Waals surface area contributed by atoms with Crippen molar-refractivity contribution in [1.82, 2.24) is 35.1 Å². The fraction of sp³-hybridized carbons (Fsp3) is 0.419. The summed E-state index contributed by atoms with van der Waals surface area (Å²) < 4.78 is 10.5. The van der Waals surface area contributed by atoms with Gasteiger partial charge in [0, 0.05) is 24.8 Å². The number of rotatable bonds is 8. The van der Waals surface area contributed by atoms with Crippen molar-refractivity contribution in [2.24, 2.45) is 11.8 Å². The predicted molar refractivity (Wildman–Crippen MR) is 212 cm³/mol. The highest BCUT2D eigenvalue weighted by Crippen LogP contribution is 2.37. The van der Waals surface area contributed by atoms with E-state index < -0.39 is 17.7 Å². The molecule has 0 spiro atoms. The minimum Gasteiger partial charge on any atom is -0.453 e. The molecule has 4 heterocycles. The van der Waals surface area contributed by atoms with Crippen molar-refractivity contribution in [1.29, 1.82) is 0 Å². The van der Waals surface area contributed by atoms with Gasteiger partial charge in [-0.3, -0.25) is 9.69 Å². The topological polar surface area (TPSA) is 146 Å². The molecular formula is C43H51N7O5. The Morgan fingerprint density at radius 1 is 0.891 bits per heavy atom. The molecule has 2 saturated heterocycles. The summed E-state index contributed by atoms with van der Waals surface area (Å²) in [7, 11) is 1.30. The summed E-state index contributed by atoms with van der Waals surface area (Å²) in [5, 5.41) is 4.92. The molecule has 3 N–H and O–H groups in total. The van der Waals surface area contributed by atoms with Crippen LogP contribution in [0.4, 0.5) is 9.59 Å². The lowest BCUT2D eigenvalue weighted by atomic mass is 9.98. The van der Waals surface area contributed by atoms with Crippen molar-refractivity contribution >= 4 is 28.9 Å². The average molecular weight is 746 g/mol. The summed E-state index contributed by atoms with van der Waals surface area (Å²) in [5.74, 6) is 1.64. The number of hydrogen-bond donors (Lipinski definition) is 3. The fourth-order valence-electron chi connectivity index (χ4n) is 7.76. The maximum atomic E-state index is 13.6. The highest BCUT2D eigenvalue weighted by atomic mass is 16.6. The smallest absolute Gasteiger partial charge is 0.410 e. The number of H-pyrrole nitrogens is 2. The van der Waals surface area contributed by atoms with Crippen LogP contribution < -0.4 is 5.32 Å². The summed E-state index contributed by atoms with van der Waals surface area (Å²) >= 11 is 0. The number of carbonyl (C=O) groups excluding carboxylic acids is 3. The zero-order valence-corrected chi connectivity index (χ0v) is 32.7. The maximum Gasteiger partial charge on any atom is 0.410 e. The number of fused-ring (bicyclic) bond motifs is 1. The molecule has 2 fully saturated rings. The number of aromatic amines is 2. The number of aromatic nitrogens is 4. The standard InChI is InChI=1S/C43H51N7O5/c1-25(2)37(48-41(52)54-7)40(51)49-18-8-9-35(49)38-44-23-34(47-38)32-17-16-30-20-29(14-15-31(30)21-32)27-10-12-28(13-11-27)33-22-45-39(46-33)36-19-26(3)24-50(36)42(53)55-43(4,5)6/h10-17,20-23,25-26,35-37H,8-9,18-19,24H2,1-7H3,(H,44,47)(H,45,46)(H,48,52)/t26?,35-,36-,37-/m0/s1. The molecule has 288 valence electrons. The molecule has 3 aromatic carbocycles. The van der Waals surface area contributed by atoms with E-state index in [1.807, 2.05) is 51.9 Å². The predicted octanol–water partition coefficient (Wildman–Crippen LogP) is 8.65. The molecule has 3 amide bonds. The summed E-state index contributed by atoms with van der Waals surface area (Å²) in [6.45, 7) is 12.9. The molecule has 2 aromatic heterocycles. The highest BCUT2D eigenvalue weighted by molar-refractivity contribution is 5.91. The molecule has 2 aliphatic rings. The molecular weight excluding hydrogens is 695 g/mol. The van der Waals surface area contributed by atoms with Gasteiger partial charge < -0.3 is 29.7 Å². The van der Waals surface area contributed by atoms with E-state index in [9.17, 15) is 14.4 Å². The molecule has 55 heavy (non-hydrogen) atoms. The van der Waals surface area contributed by atoms with Crippen LogP contribution in [-0.2, 0) is 14.3 Å². The number of nitrogens with one attached hydrogen (secondary N) is 3. The quantitative estimate of drug-likeness (QED) is 0.144. The molecule has 2 aliphatic heterocycles. The van der Waals surface area contributed by atoms with Crippen LogP contribution >= 0.6 is 0 Å². The second kappa shape index (κ2) is 15.2. The van der Waals surface area contributed by atoms with Crippen molar-refractivity contribution in [3.63, 3.8) is 0 Å². The Morgan fingerprint density at radius 3 is 2.25 bits per heavy atom. The van der Waals surface area contributed by atoms with E-state index in [1.165, 1.54) is 7.11 Å². The molecule has 1 unspecified atom stereocenters. The largest absolute Gasteiger partial charge is 0.453 e. The van der Waals surface area contributed by atoms with Gasteiger partial charge in [-0.2, -0.15) is 0 Å². The van der Waals surface area contributed by atoms with Gasteiger partial charge in [0.15, 0.2) is 0 Å². The first-order chi connectivity index (χ1) is 26.3. The van der Waals surface area contributed by atoms with Gasteiger partial charge in [0.2, 0.25) is 5.91 Å². The minimum absolute atomic E-state index is 0.0971. The van der Waals surface area contributed by atoms with E-state index in [0.717, 1.165) is 75.3 Å². The number of methoxy groups -OCH3 is 1. The number of carbonyl (C=O) groups is 3. The summed E-state index contributed by atoms with van der Waals surface area (Å²) in [6, 6.07) is 20.2. The second-order valence-electron chi connectivity index (χ2n) is 16.2. The third-order valence-electron chi connectivity index (χ3n) is 10.6. The van der Waals surface area contributed by atoms with E-state index in [1.54, 1.807) is 4.90 Å². The molecule has 0 radical (unpaired) electrons. The Hall–Kier alpha value is -5.65. The van der Waals surface area contributed by atoms with Crippen LogP contribution in [0.3, 0.4) is 0 Å². The first-order valence-electron chi connectivity index (χ1n) is 19.2. The van der Waals surface area contributed by atoms with Gasteiger partial charge in [0.25, 0.3) is 0 Å². The zero-order valence-electron chi connectivity index (χ0n) is 32.7. The summed E-state index contributed by atoms with van der Waals surface area (Å²) in [6.07, 6.45) is 5.29. The van der Waals surface area contributed by atoms with Crippen molar-refractivity contribution in [3.8, 4) is 33.6 Å². The normalized spacial score (nSPS) is 19.2. The Morgan fingerprint density at radius 2 is 1.56 bits per heavy atom. The van der Waals surface area contributed by atoms with Gasteiger partial charge >= 0.3 is 12.2 Å². The average Bonchev–Trinajstić information content (AvgIpc) is 3.99. The first kappa shape index (κ1) is 37.7. The van der Waals surface area contributed by atoms with E-state index in [0.29, 0.717) is 19.0 Å². The van der Waals surface area contributed by atoms with Crippen LogP contribution in [0.5, 0.6) is 0 Å². The SMILES string of the molecule is COC(=O)N[C@H](C(=O)N1CCC[C@H]1c1nc(-c2ccc3cc(-c4ccc(-c5cnc([C@@H]6CC(C)CN6C(=O)OC(C)(C)C)[nH]5)cc4)ccc3c2)c[nH]1)C(C)C. The number of benzene rings is 3. The Labute approximate surface area is 322 Å². The number of imidazole rings is 2. The second-order valence-corrected chi connectivity index (χ2v) is 16.2. The number of amides is 3. The molecule has 7 rings (SSSR count). The van der Waals surface area contributed by atoms with Crippen molar-refractivity contribution < 1.29 is 23.9 Å². The van der Waals surface area contributed by atoms with Gasteiger partial charge in [0.1, 0.15) is 23.3 Å². The van der Waals surface area contributed by atoms with Crippen LogP contribution in [0.15, 0.2) is 73.1 Å². The van der Waals surface area contributed by atoms with Gasteiger partial charge in [0.05, 0.1) is 36.8 Å².